The molecule has 0 radical (unpaired) electrons. The van der Waals surface area contributed by atoms with Gasteiger partial charge in [-0.15, -0.1) is 0 Å². The zero-order valence-electron chi connectivity index (χ0n) is 7.30. The minimum atomic E-state index is -1.08. The molecule has 0 rings (SSSR count). The Morgan fingerprint density at radius 3 is 2.33 bits per heavy atom. The van der Waals surface area contributed by atoms with Crippen molar-refractivity contribution >= 4 is 0 Å². The van der Waals surface area contributed by atoms with Gasteiger partial charge in [0.05, 0.1) is 12.1 Å². The van der Waals surface area contributed by atoms with Gasteiger partial charge in [-0.2, -0.15) is 0 Å². The maximum absolute atomic E-state index is 9.15. The average molecular weight is 175 g/mol. The second-order valence-corrected chi connectivity index (χ2v) is 3.09. The van der Waals surface area contributed by atoms with Crippen molar-refractivity contribution in [1.29, 1.82) is 0 Å². The minimum Gasteiger partial charge on any atom is -0.393 e. The molecular formula is C6H13N3O3. The van der Waals surface area contributed by atoms with Crippen LogP contribution in [0.1, 0.15) is 20.8 Å². The molecule has 2 N–H and O–H groups in total. The monoisotopic (exact) mass is 175 g/mol. The van der Waals surface area contributed by atoms with Crippen molar-refractivity contribution in [2.45, 2.75) is 38.5 Å². The number of aliphatic hydroxyl groups excluding tert-OH is 1. The third kappa shape index (κ3) is 2.67. The van der Waals surface area contributed by atoms with Crippen LogP contribution in [0.2, 0.25) is 0 Å². The van der Waals surface area contributed by atoms with Gasteiger partial charge in [-0.3, -0.25) is 5.26 Å². The minimum absolute atomic E-state index is 0.813. The molecule has 0 heterocycles. The summed E-state index contributed by atoms with van der Waals surface area (Å²) < 4.78 is 0. The summed E-state index contributed by atoms with van der Waals surface area (Å²) in [6.45, 7) is 4.48. The summed E-state index contributed by atoms with van der Waals surface area (Å²) in [6, 6.07) is -0.813. The molecule has 6 heteroatoms. The molecule has 12 heavy (non-hydrogen) atoms. The van der Waals surface area contributed by atoms with Gasteiger partial charge in [-0.25, -0.2) is 4.89 Å². The average Bonchev–Trinajstić information content (AvgIpc) is 1.99. The molecule has 0 spiro atoms. The number of azide groups is 1. The molecule has 0 saturated heterocycles. The van der Waals surface area contributed by atoms with Crippen LogP contribution >= 0.6 is 0 Å². The highest BCUT2D eigenvalue weighted by Crippen LogP contribution is 2.19. The molecule has 2 unspecified atom stereocenters. The summed E-state index contributed by atoms with van der Waals surface area (Å²) >= 11 is 0. The molecular weight excluding hydrogens is 162 g/mol. The molecule has 0 aliphatic carbocycles. The zero-order chi connectivity index (χ0) is 9.78. The van der Waals surface area contributed by atoms with Crippen LogP contribution in [0.4, 0.5) is 0 Å². The maximum atomic E-state index is 9.15. The summed E-state index contributed by atoms with van der Waals surface area (Å²) in [4.78, 5) is 6.63. The number of hydrogen-bond donors (Lipinski definition) is 2. The van der Waals surface area contributed by atoms with Crippen LogP contribution in [0.3, 0.4) is 0 Å². The lowest BCUT2D eigenvalue weighted by Crippen LogP contribution is -2.43. The SMILES string of the molecule is CC(O)C(N=[N+]=[N-])C(C)(C)OO. The quantitative estimate of drug-likeness (QED) is 0.221. The standard InChI is InChI=1S/C6H13N3O3/c1-4(10)5(8-9-7)6(2,3)12-11/h4-5,10-11H,1-3H3. The second kappa shape index (κ2) is 4.27. The van der Waals surface area contributed by atoms with Crippen molar-refractivity contribution < 1.29 is 15.3 Å². The highest BCUT2D eigenvalue weighted by molar-refractivity contribution is 4.88. The third-order valence-electron chi connectivity index (χ3n) is 1.58. The van der Waals surface area contributed by atoms with Crippen molar-refractivity contribution in [3.8, 4) is 0 Å². The topological polar surface area (TPSA) is 98.5 Å². The van der Waals surface area contributed by atoms with E-state index in [1.807, 2.05) is 0 Å². The number of hydrogen-bond acceptors (Lipinski definition) is 4. The third-order valence-corrected chi connectivity index (χ3v) is 1.58. The number of nitrogens with zero attached hydrogens (tertiary/aromatic N) is 3. The Morgan fingerprint density at radius 1 is 1.58 bits per heavy atom. The lowest BCUT2D eigenvalue weighted by Gasteiger charge is -2.29. The van der Waals surface area contributed by atoms with E-state index in [0.29, 0.717) is 0 Å². The highest BCUT2D eigenvalue weighted by Gasteiger charge is 2.33. The first-order valence-electron chi connectivity index (χ1n) is 3.50. The predicted molar refractivity (Wildman–Crippen MR) is 42.4 cm³/mol. The van der Waals surface area contributed by atoms with Crippen molar-refractivity contribution in [2.75, 3.05) is 0 Å². The summed E-state index contributed by atoms with van der Waals surface area (Å²) in [5.74, 6) is 0. The number of rotatable bonds is 4. The van der Waals surface area contributed by atoms with Gasteiger partial charge < -0.3 is 5.11 Å². The lowest BCUT2D eigenvalue weighted by atomic mass is 9.95. The summed E-state index contributed by atoms with van der Waals surface area (Å²) in [5.41, 5.74) is 7.07. The second-order valence-electron chi connectivity index (χ2n) is 3.09. The molecule has 0 saturated carbocycles. The van der Waals surface area contributed by atoms with E-state index in [-0.39, 0.29) is 0 Å². The van der Waals surface area contributed by atoms with Crippen LogP contribution in [0.15, 0.2) is 5.11 Å². The molecule has 0 fully saturated rings. The van der Waals surface area contributed by atoms with Gasteiger partial charge >= 0.3 is 0 Å². The van der Waals surface area contributed by atoms with E-state index in [9.17, 15) is 0 Å². The van der Waals surface area contributed by atoms with E-state index in [4.69, 9.17) is 15.9 Å². The first-order valence-corrected chi connectivity index (χ1v) is 3.50. The van der Waals surface area contributed by atoms with E-state index >= 15 is 0 Å². The molecule has 0 bridgehead atoms. The molecule has 2 atom stereocenters. The van der Waals surface area contributed by atoms with Crippen LogP contribution in [0, 0.1) is 0 Å². The van der Waals surface area contributed by atoms with Gasteiger partial charge in [0.15, 0.2) is 0 Å². The Hall–Kier alpha value is -0.810. The molecule has 6 nitrogen and oxygen atoms in total. The first-order chi connectivity index (χ1) is 5.45. The Balaban J connectivity index is 4.61. The van der Waals surface area contributed by atoms with Gasteiger partial charge in [-0.05, 0) is 26.3 Å². The normalized spacial score (nSPS) is 16.4. The van der Waals surface area contributed by atoms with Gasteiger partial charge in [0.2, 0.25) is 0 Å². The fourth-order valence-corrected chi connectivity index (χ4v) is 0.926. The summed E-state index contributed by atoms with van der Waals surface area (Å²) in [6.07, 6.45) is -0.872. The number of aliphatic hydroxyl groups is 1. The smallest absolute Gasteiger partial charge is 0.109 e. The Bertz CT molecular complexity index is 186. The molecule has 0 aliphatic rings. The fourth-order valence-electron chi connectivity index (χ4n) is 0.926. The van der Waals surface area contributed by atoms with Crippen LogP contribution in [-0.4, -0.2) is 28.1 Å². The summed E-state index contributed by atoms with van der Waals surface area (Å²) in [7, 11) is 0. The van der Waals surface area contributed by atoms with Crippen LogP contribution in [0.5, 0.6) is 0 Å². The van der Waals surface area contributed by atoms with Crippen molar-refractivity contribution in [1.82, 2.24) is 0 Å². The predicted octanol–water partition coefficient (Wildman–Crippen LogP) is 1.31. The van der Waals surface area contributed by atoms with Crippen molar-refractivity contribution in [3.05, 3.63) is 10.4 Å². The Labute approximate surface area is 70.3 Å². The van der Waals surface area contributed by atoms with Crippen LogP contribution < -0.4 is 0 Å². The van der Waals surface area contributed by atoms with Crippen molar-refractivity contribution in [3.63, 3.8) is 0 Å². The van der Waals surface area contributed by atoms with Gasteiger partial charge in [-0.1, -0.05) is 5.11 Å². The molecule has 0 aromatic rings. The van der Waals surface area contributed by atoms with Gasteiger partial charge in [0.25, 0.3) is 0 Å². The maximum Gasteiger partial charge on any atom is 0.109 e. The van der Waals surface area contributed by atoms with E-state index in [0.717, 1.165) is 0 Å². The van der Waals surface area contributed by atoms with E-state index in [2.05, 4.69) is 14.9 Å². The highest BCUT2D eigenvalue weighted by atomic mass is 17.1. The molecule has 0 amide bonds. The Morgan fingerprint density at radius 2 is 2.08 bits per heavy atom. The summed E-state index contributed by atoms with van der Waals surface area (Å²) in [5, 5.41) is 20.9. The molecule has 0 aromatic carbocycles. The molecule has 0 aliphatic heterocycles. The van der Waals surface area contributed by atoms with E-state index < -0.39 is 17.7 Å². The van der Waals surface area contributed by atoms with E-state index in [1.165, 1.54) is 20.8 Å². The van der Waals surface area contributed by atoms with Gasteiger partial charge in [0, 0.05) is 4.91 Å². The van der Waals surface area contributed by atoms with E-state index in [1.54, 1.807) is 0 Å². The molecule has 0 aromatic heterocycles. The zero-order valence-corrected chi connectivity index (χ0v) is 7.30. The van der Waals surface area contributed by atoms with Gasteiger partial charge in [0.1, 0.15) is 5.60 Å². The Kier molecular flexibility index (Phi) is 3.99. The first kappa shape index (κ1) is 11.2. The largest absolute Gasteiger partial charge is 0.393 e. The fraction of sp³-hybridized carbons (Fsp3) is 1.00. The van der Waals surface area contributed by atoms with Crippen LogP contribution in [0.25, 0.3) is 10.4 Å². The van der Waals surface area contributed by atoms with Crippen LogP contribution in [-0.2, 0) is 4.89 Å². The lowest BCUT2D eigenvalue weighted by molar-refractivity contribution is -0.321. The van der Waals surface area contributed by atoms with Crippen molar-refractivity contribution in [2.24, 2.45) is 5.11 Å². The molecule has 70 valence electrons.